The summed E-state index contributed by atoms with van der Waals surface area (Å²) in [6.07, 6.45) is -0.101. The first-order valence-corrected chi connectivity index (χ1v) is 5.76. The van der Waals surface area contributed by atoms with Crippen molar-refractivity contribution < 1.29 is 19.8 Å². The van der Waals surface area contributed by atoms with E-state index in [1.54, 1.807) is 0 Å². The van der Waals surface area contributed by atoms with Crippen LogP contribution >= 0.6 is 0 Å². The minimum atomic E-state index is -1.30. The highest BCUT2D eigenvalue weighted by Crippen LogP contribution is 2.25. The van der Waals surface area contributed by atoms with Gasteiger partial charge in [-0.2, -0.15) is 0 Å². The van der Waals surface area contributed by atoms with Gasteiger partial charge in [-0.15, -0.1) is 0 Å². The summed E-state index contributed by atoms with van der Waals surface area (Å²) in [4.78, 5) is 22.9. The van der Waals surface area contributed by atoms with E-state index in [-0.39, 0.29) is 6.54 Å². The van der Waals surface area contributed by atoms with Gasteiger partial charge in [0.1, 0.15) is 0 Å². The minimum Gasteiger partial charge on any atom is -0.480 e. The molecule has 6 heteroatoms. The lowest BCUT2D eigenvalue weighted by molar-refractivity contribution is -0.147. The Bertz CT molecular complexity index is 266. The molecule has 0 radical (unpaired) electrons. The molecule has 0 aromatic carbocycles. The van der Waals surface area contributed by atoms with Gasteiger partial charge in [0, 0.05) is 6.54 Å². The van der Waals surface area contributed by atoms with Gasteiger partial charge in [0.15, 0.2) is 6.04 Å². The van der Waals surface area contributed by atoms with Crippen molar-refractivity contribution in [2.45, 2.75) is 45.8 Å². The van der Waals surface area contributed by atoms with E-state index in [0.29, 0.717) is 12.8 Å². The Morgan fingerprint density at radius 1 is 1.35 bits per heavy atom. The van der Waals surface area contributed by atoms with Crippen LogP contribution in [0.2, 0.25) is 0 Å². The van der Waals surface area contributed by atoms with E-state index >= 15 is 0 Å². The maximum atomic E-state index is 12.0. The van der Waals surface area contributed by atoms with E-state index in [1.807, 2.05) is 13.8 Å². The Balaban J connectivity index is 4.86. The predicted molar refractivity (Wildman–Crippen MR) is 63.3 cm³/mol. The zero-order chi connectivity index (χ0) is 13.6. The first kappa shape index (κ1) is 15.9. The summed E-state index contributed by atoms with van der Waals surface area (Å²) in [5.74, 6) is -1.68. The lowest BCUT2D eigenvalue weighted by Crippen LogP contribution is -2.54. The van der Waals surface area contributed by atoms with E-state index in [2.05, 4.69) is 5.32 Å². The van der Waals surface area contributed by atoms with Crippen LogP contribution in [0.15, 0.2) is 0 Å². The quantitative estimate of drug-likeness (QED) is 0.492. The highest BCUT2D eigenvalue weighted by atomic mass is 16.4. The molecule has 0 saturated heterocycles. The third-order valence-electron chi connectivity index (χ3n) is 3.26. The number of nitrogens with one attached hydrogen (secondary N) is 1. The van der Waals surface area contributed by atoms with Gasteiger partial charge in [0.05, 0.1) is 11.5 Å². The first-order chi connectivity index (χ1) is 7.84. The van der Waals surface area contributed by atoms with Crippen molar-refractivity contribution in [3.8, 4) is 0 Å². The van der Waals surface area contributed by atoms with Crippen LogP contribution in [0.1, 0.15) is 33.6 Å². The van der Waals surface area contributed by atoms with Crippen LogP contribution in [0.25, 0.3) is 0 Å². The number of carboxylic acid groups (broad SMARTS) is 1. The zero-order valence-corrected chi connectivity index (χ0v) is 10.6. The van der Waals surface area contributed by atoms with Gasteiger partial charge in [-0.25, -0.2) is 4.79 Å². The predicted octanol–water partition coefficient (Wildman–Crippen LogP) is -0.298. The number of nitrogens with two attached hydrogens (primary N) is 1. The SMILES string of the molecule is CCC(CC)(CN)C(=O)NC(C(=O)O)C(C)O. The van der Waals surface area contributed by atoms with Crippen molar-refractivity contribution in [2.75, 3.05) is 6.54 Å². The number of aliphatic hydroxyl groups is 1. The minimum absolute atomic E-state index is 0.151. The van der Waals surface area contributed by atoms with Crippen LogP contribution in [0.3, 0.4) is 0 Å². The monoisotopic (exact) mass is 246 g/mol. The van der Waals surface area contributed by atoms with Crippen LogP contribution in [-0.4, -0.2) is 40.8 Å². The molecule has 0 spiro atoms. The number of hydrogen-bond donors (Lipinski definition) is 4. The summed E-state index contributed by atoms with van der Waals surface area (Å²) < 4.78 is 0. The smallest absolute Gasteiger partial charge is 0.328 e. The largest absolute Gasteiger partial charge is 0.480 e. The molecule has 0 aliphatic carbocycles. The van der Waals surface area contributed by atoms with Crippen molar-refractivity contribution in [1.29, 1.82) is 0 Å². The number of rotatable bonds is 7. The van der Waals surface area contributed by atoms with Gasteiger partial charge >= 0.3 is 5.97 Å². The lowest BCUT2D eigenvalue weighted by Gasteiger charge is -2.30. The maximum absolute atomic E-state index is 12.0. The summed E-state index contributed by atoms with van der Waals surface area (Å²) in [6, 6.07) is -1.30. The standard InChI is InChI=1S/C11H22N2O4/c1-4-11(5-2,6-12)10(17)13-8(7(3)14)9(15)16/h7-8,14H,4-6,12H2,1-3H3,(H,13,17)(H,15,16). The van der Waals surface area contributed by atoms with Gasteiger partial charge in [-0.1, -0.05) is 13.8 Å². The molecule has 0 aliphatic heterocycles. The number of hydrogen-bond acceptors (Lipinski definition) is 4. The van der Waals surface area contributed by atoms with Crippen LogP contribution in [0, 0.1) is 5.41 Å². The molecule has 0 aromatic rings. The fourth-order valence-corrected chi connectivity index (χ4v) is 1.64. The van der Waals surface area contributed by atoms with Crippen LogP contribution in [-0.2, 0) is 9.59 Å². The summed E-state index contributed by atoms with van der Waals surface area (Å²) in [5, 5.41) is 20.5. The van der Waals surface area contributed by atoms with Gasteiger partial charge in [-0.05, 0) is 19.8 Å². The van der Waals surface area contributed by atoms with Crippen LogP contribution in [0.5, 0.6) is 0 Å². The molecular weight excluding hydrogens is 224 g/mol. The molecule has 2 atom stereocenters. The van der Waals surface area contributed by atoms with Gasteiger partial charge in [0.2, 0.25) is 5.91 Å². The summed E-state index contributed by atoms with van der Waals surface area (Å²) in [7, 11) is 0. The molecular formula is C11H22N2O4. The van der Waals surface area contributed by atoms with E-state index in [1.165, 1.54) is 6.92 Å². The molecule has 5 N–H and O–H groups in total. The van der Waals surface area contributed by atoms with E-state index in [9.17, 15) is 14.7 Å². The Kier molecular flexibility index (Phi) is 6.12. The van der Waals surface area contributed by atoms with Crippen LogP contribution in [0.4, 0.5) is 0 Å². The Morgan fingerprint density at radius 3 is 2.06 bits per heavy atom. The van der Waals surface area contributed by atoms with Gasteiger partial charge in [-0.3, -0.25) is 4.79 Å². The number of amides is 1. The van der Waals surface area contributed by atoms with Gasteiger partial charge in [0.25, 0.3) is 0 Å². The van der Waals surface area contributed by atoms with E-state index in [0.717, 1.165) is 0 Å². The van der Waals surface area contributed by atoms with Crippen molar-refractivity contribution in [1.82, 2.24) is 5.32 Å². The average molecular weight is 246 g/mol. The number of aliphatic carboxylic acids is 1. The second-order valence-corrected chi connectivity index (χ2v) is 4.22. The maximum Gasteiger partial charge on any atom is 0.328 e. The third-order valence-corrected chi connectivity index (χ3v) is 3.26. The molecule has 0 aliphatic rings. The third kappa shape index (κ3) is 3.67. The molecule has 0 rings (SSSR count). The fraction of sp³-hybridized carbons (Fsp3) is 0.818. The zero-order valence-electron chi connectivity index (χ0n) is 10.6. The molecule has 100 valence electrons. The summed E-state index contributed by atoms with van der Waals surface area (Å²) in [6.45, 7) is 5.13. The summed E-state index contributed by atoms with van der Waals surface area (Å²) >= 11 is 0. The Hall–Kier alpha value is -1.14. The molecule has 6 nitrogen and oxygen atoms in total. The van der Waals surface area contributed by atoms with Crippen molar-refractivity contribution in [3.63, 3.8) is 0 Å². The number of carboxylic acids is 1. The topological polar surface area (TPSA) is 113 Å². The molecule has 0 fully saturated rings. The van der Waals surface area contributed by atoms with E-state index < -0.39 is 29.4 Å². The molecule has 1 amide bonds. The number of aliphatic hydroxyl groups excluding tert-OH is 1. The number of carbonyl (C=O) groups excluding carboxylic acids is 1. The Morgan fingerprint density at radius 2 is 1.82 bits per heavy atom. The molecule has 0 bridgehead atoms. The lowest BCUT2D eigenvalue weighted by atomic mass is 9.81. The fourth-order valence-electron chi connectivity index (χ4n) is 1.64. The molecule has 17 heavy (non-hydrogen) atoms. The second kappa shape index (κ2) is 6.56. The molecule has 0 saturated carbocycles. The second-order valence-electron chi connectivity index (χ2n) is 4.22. The normalized spacial score (nSPS) is 15.1. The molecule has 0 heterocycles. The number of carbonyl (C=O) groups is 2. The highest BCUT2D eigenvalue weighted by Gasteiger charge is 2.36. The van der Waals surface area contributed by atoms with Crippen molar-refractivity contribution in [3.05, 3.63) is 0 Å². The average Bonchev–Trinajstić information content (AvgIpc) is 2.28. The molecule has 2 unspecified atom stereocenters. The van der Waals surface area contributed by atoms with E-state index in [4.69, 9.17) is 10.8 Å². The van der Waals surface area contributed by atoms with Crippen molar-refractivity contribution >= 4 is 11.9 Å². The van der Waals surface area contributed by atoms with Crippen molar-refractivity contribution in [2.24, 2.45) is 11.1 Å². The van der Waals surface area contributed by atoms with Crippen LogP contribution < -0.4 is 11.1 Å². The Labute approximate surface area is 101 Å². The summed E-state index contributed by atoms with van der Waals surface area (Å²) in [5.41, 5.74) is 4.83. The van der Waals surface area contributed by atoms with Gasteiger partial charge < -0.3 is 21.3 Å². The first-order valence-electron chi connectivity index (χ1n) is 5.76. The highest BCUT2D eigenvalue weighted by molar-refractivity contribution is 5.87. The molecule has 0 aromatic heterocycles.